The molecule has 2 aromatic heterocycles. The number of fused-ring (bicyclic) bond motifs is 6. The molecular formula is C26H21N3. The molecule has 3 aromatic carbocycles. The fourth-order valence-electron chi connectivity index (χ4n) is 4.75. The zero-order valence-electron chi connectivity index (χ0n) is 16.2. The van der Waals surface area contributed by atoms with Gasteiger partial charge in [-0.05, 0) is 76.6 Å². The molecule has 0 spiro atoms. The van der Waals surface area contributed by atoms with E-state index in [2.05, 4.69) is 59.6 Å². The third-order valence-corrected chi connectivity index (χ3v) is 6.24. The number of aromatic nitrogens is 2. The van der Waals surface area contributed by atoms with Gasteiger partial charge >= 0.3 is 0 Å². The Labute approximate surface area is 169 Å². The van der Waals surface area contributed by atoms with Crippen molar-refractivity contribution in [2.75, 3.05) is 5.73 Å². The molecule has 2 heterocycles. The van der Waals surface area contributed by atoms with Gasteiger partial charge in [0.25, 0.3) is 0 Å². The third-order valence-electron chi connectivity index (χ3n) is 6.24. The molecule has 140 valence electrons. The van der Waals surface area contributed by atoms with E-state index < -0.39 is 0 Å². The fraction of sp³-hybridized carbons (Fsp3) is 0.154. The van der Waals surface area contributed by atoms with Gasteiger partial charge in [-0.25, -0.2) is 9.97 Å². The number of anilines is 1. The number of hydrogen-bond acceptors (Lipinski definition) is 3. The van der Waals surface area contributed by atoms with Gasteiger partial charge in [0, 0.05) is 23.2 Å². The Bertz CT molecular complexity index is 1420. The van der Waals surface area contributed by atoms with Crippen molar-refractivity contribution in [3.05, 3.63) is 78.0 Å². The molecule has 0 bridgehead atoms. The molecule has 0 amide bonds. The Morgan fingerprint density at radius 2 is 1.55 bits per heavy atom. The SMILES string of the molecule is Nc1cc2nc(-c3ccc4c(ccc5c6c(ccc54)CCCC6)c3)ccc2cn1. The number of rotatable bonds is 1. The molecule has 0 saturated carbocycles. The smallest absolute Gasteiger partial charge is 0.125 e. The van der Waals surface area contributed by atoms with E-state index in [-0.39, 0.29) is 0 Å². The van der Waals surface area contributed by atoms with Crippen molar-refractivity contribution in [1.29, 1.82) is 0 Å². The van der Waals surface area contributed by atoms with Crippen LogP contribution in [0.1, 0.15) is 24.0 Å². The first-order chi connectivity index (χ1) is 14.3. The molecule has 1 aliphatic rings. The van der Waals surface area contributed by atoms with Crippen LogP contribution >= 0.6 is 0 Å². The summed E-state index contributed by atoms with van der Waals surface area (Å²) in [7, 11) is 0. The summed E-state index contributed by atoms with van der Waals surface area (Å²) in [6.07, 6.45) is 6.81. The van der Waals surface area contributed by atoms with Crippen LogP contribution in [-0.2, 0) is 12.8 Å². The van der Waals surface area contributed by atoms with Crippen molar-refractivity contribution in [3.63, 3.8) is 0 Å². The highest BCUT2D eigenvalue weighted by atomic mass is 14.8. The maximum atomic E-state index is 5.84. The summed E-state index contributed by atoms with van der Waals surface area (Å²) in [4.78, 5) is 8.96. The quantitative estimate of drug-likeness (QED) is 0.362. The molecule has 3 heteroatoms. The number of nitrogens with two attached hydrogens (primary N) is 1. The predicted molar refractivity (Wildman–Crippen MR) is 121 cm³/mol. The molecule has 0 aliphatic heterocycles. The van der Waals surface area contributed by atoms with Crippen LogP contribution < -0.4 is 5.73 Å². The minimum Gasteiger partial charge on any atom is -0.384 e. The van der Waals surface area contributed by atoms with Crippen LogP contribution in [-0.4, -0.2) is 9.97 Å². The molecule has 3 nitrogen and oxygen atoms in total. The molecule has 1 aliphatic carbocycles. The van der Waals surface area contributed by atoms with Gasteiger partial charge in [0.2, 0.25) is 0 Å². The molecule has 0 saturated heterocycles. The molecular weight excluding hydrogens is 354 g/mol. The van der Waals surface area contributed by atoms with Crippen molar-refractivity contribution in [2.24, 2.45) is 0 Å². The lowest BCUT2D eigenvalue weighted by atomic mass is 9.86. The highest BCUT2D eigenvalue weighted by Gasteiger charge is 2.14. The lowest BCUT2D eigenvalue weighted by Gasteiger charge is -2.19. The van der Waals surface area contributed by atoms with Gasteiger partial charge in [-0.1, -0.05) is 36.4 Å². The number of hydrogen-bond donors (Lipinski definition) is 1. The van der Waals surface area contributed by atoms with Crippen molar-refractivity contribution in [2.45, 2.75) is 25.7 Å². The highest BCUT2D eigenvalue weighted by molar-refractivity contribution is 6.09. The van der Waals surface area contributed by atoms with Crippen LogP contribution in [0.4, 0.5) is 5.82 Å². The van der Waals surface area contributed by atoms with Crippen LogP contribution in [0.15, 0.2) is 66.9 Å². The van der Waals surface area contributed by atoms with Crippen LogP contribution in [0.25, 0.3) is 43.7 Å². The summed E-state index contributed by atoms with van der Waals surface area (Å²) in [6.45, 7) is 0. The van der Waals surface area contributed by atoms with Crippen LogP contribution in [0.5, 0.6) is 0 Å². The first-order valence-corrected chi connectivity index (χ1v) is 10.3. The average Bonchev–Trinajstić information content (AvgIpc) is 2.77. The van der Waals surface area contributed by atoms with E-state index in [1.165, 1.54) is 52.8 Å². The van der Waals surface area contributed by atoms with E-state index in [1.807, 2.05) is 6.07 Å². The van der Waals surface area contributed by atoms with Crippen molar-refractivity contribution < 1.29 is 0 Å². The highest BCUT2D eigenvalue weighted by Crippen LogP contribution is 2.34. The Balaban J connectivity index is 1.52. The maximum absolute atomic E-state index is 5.84. The molecule has 0 unspecified atom stereocenters. The second kappa shape index (κ2) is 6.28. The number of nitrogen functional groups attached to an aromatic ring is 1. The molecule has 0 atom stereocenters. The van der Waals surface area contributed by atoms with E-state index >= 15 is 0 Å². The molecule has 0 radical (unpaired) electrons. The molecule has 0 fully saturated rings. The Hall–Kier alpha value is -3.46. The van der Waals surface area contributed by atoms with Gasteiger partial charge in [-0.3, -0.25) is 0 Å². The molecule has 2 N–H and O–H groups in total. The largest absolute Gasteiger partial charge is 0.384 e. The van der Waals surface area contributed by atoms with E-state index in [4.69, 9.17) is 10.7 Å². The normalized spacial score (nSPS) is 13.8. The lowest BCUT2D eigenvalue weighted by Crippen LogP contribution is -2.03. The van der Waals surface area contributed by atoms with Crippen LogP contribution in [0, 0.1) is 0 Å². The van der Waals surface area contributed by atoms with Gasteiger partial charge in [0.15, 0.2) is 0 Å². The van der Waals surface area contributed by atoms with E-state index in [0.717, 1.165) is 22.2 Å². The Morgan fingerprint density at radius 1 is 0.724 bits per heavy atom. The Morgan fingerprint density at radius 3 is 2.52 bits per heavy atom. The van der Waals surface area contributed by atoms with Crippen molar-refractivity contribution in [1.82, 2.24) is 9.97 Å². The lowest BCUT2D eigenvalue weighted by molar-refractivity contribution is 0.690. The number of nitrogens with zero attached hydrogens (tertiary/aromatic N) is 2. The minimum absolute atomic E-state index is 0.496. The summed E-state index contributed by atoms with van der Waals surface area (Å²) in [5.74, 6) is 0.496. The average molecular weight is 375 g/mol. The summed E-state index contributed by atoms with van der Waals surface area (Å²) in [5.41, 5.74) is 11.9. The van der Waals surface area contributed by atoms with Gasteiger partial charge < -0.3 is 5.73 Å². The fourth-order valence-corrected chi connectivity index (χ4v) is 4.75. The monoisotopic (exact) mass is 375 g/mol. The molecule has 29 heavy (non-hydrogen) atoms. The van der Waals surface area contributed by atoms with Crippen LogP contribution in [0.3, 0.4) is 0 Å². The first-order valence-electron chi connectivity index (χ1n) is 10.3. The molecule has 5 aromatic rings. The minimum atomic E-state index is 0.496. The zero-order chi connectivity index (χ0) is 19.4. The zero-order valence-corrected chi connectivity index (χ0v) is 16.2. The molecule has 6 rings (SSSR count). The van der Waals surface area contributed by atoms with Gasteiger partial charge in [-0.15, -0.1) is 0 Å². The van der Waals surface area contributed by atoms with Crippen molar-refractivity contribution >= 4 is 38.3 Å². The summed E-state index contributed by atoms with van der Waals surface area (Å²) in [5, 5.41) is 6.35. The van der Waals surface area contributed by atoms with Gasteiger partial charge in [-0.2, -0.15) is 0 Å². The standard InChI is InChI=1S/C26H21N3/c27-26-14-25-19(15-28-26)8-12-24(29-25)18-7-9-21-17(13-18)6-11-22-20-4-2-1-3-16(20)5-10-23(21)22/h5-15H,1-4H2,(H2,27,28). The second-order valence-corrected chi connectivity index (χ2v) is 8.01. The van der Waals surface area contributed by atoms with Gasteiger partial charge in [0.05, 0.1) is 11.2 Å². The first kappa shape index (κ1) is 16.5. The summed E-state index contributed by atoms with van der Waals surface area (Å²) in [6, 6.07) is 21.8. The third kappa shape index (κ3) is 2.65. The van der Waals surface area contributed by atoms with E-state index in [0.29, 0.717) is 5.82 Å². The number of benzene rings is 3. The summed E-state index contributed by atoms with van der Waals surface area (Å²) < 4.78 is 0. The van der Waals surface area contributed by atoms with Crippen molar-refractivity contribution in [3.8, 4) is 11.3 Å². The van der Waals surface area contributed by atoms with E-state index in [1.54, 1.807) is 11.8 Å². The topological polar surface area (TPSA) is 51.8 Å². The Kier molecular flexibility index (Phi) is 3.57. The summed E-state index contributed by atoms with van der Waals surface area (Å²) >= 11 is 0. The number of pyridine rings is 2. The van der Waals surface area contributed by atoms with Gasteiger partial charge in [0.1, 0.15) is 5.82 Å². The second-order valence-electron chi connectivity index (χ2n) is 8.01. The predicted octanol–water partition coefficient (Wildman–Crippen LogP) is 6.06. The van der Waals surface area contributed by atoms with Crippen LogP contribution in [0.2, 0.25) is 0 Å². The maximum Gasteiger partial charge on any atom is 0.125 e. The number of aryl methyl sites for hydroxylation is 2. The van der Waals surface area contributed by atoms with E-state index in [9.17, 15) is 0 Å².